The van der Waals surface area contributed by atoms with Crippen molar-refractivity contribution in [3.63, 3.8) is 0 Å². The van der Waals surface area contributed by atoms with Crippen molar-refractivity contribution in [1.82, 2.24) is 14.8 Å². The first-order chi connectivity index (χ1) is 8.99. The molecule has 0 aliphatic rings. The molecule has 0 aliphatic heterocycles. The van der Waals surface area contributed by atoms with Crippen molar-refractivity contribution < 1.29 is 9.53 Å². The molecule has 6 nitrogen and oxygen atoms in total. The highest BCUT2D eigenvalue weighted by Crippen LogP contribution is 2.19. The SMILES string of the molecule is Cc1nnc(COC(=O)c2cc(Cl)ccc2N)n1C. The number of carbonyl (C=O) groups excluding carboxylic acids is 1. The summed E-state index contributed by atoms with van der Waals surface area (Å²) in [5, 5.41) is 8.20. The van der Waals surface area contributed by atoms with E-state index in [0.717, 1.165) is 5.82 Å². The fraction of sp³-hybridized carbons (Fsp3) is 0.250. The van der Waals surface area contributed by atoms with Crippen molar-refractivity contribution in [3.05, 3.63) is 40.4 Å². The van der Waals surface area contributed by atoms with Gasteiger partial charge >= 0.3 is 5.97 Å². The van der Waals surface area contributed by atoms with Crippen molar-refractivity contribution in [1.29, 1.82) is 0 Å². The second-order valence-corrected chi connectivity index (χ2v) is 4.47. The van der Waals surface area contributed by atoms with E-state index >= 15 is 0 Å². The van der Waals surface area contributed by atoms with Gasteiger partial charge in [-0.25, -0.2) is 4.79 Å². The van der Waals surface area contributed by atoms with Crippen molar-refractivity contribution >= 4 is 23.3 Å². The van der Waals surface area contributed by atoms with Crippen LogP contribution in [0.3, 0.4) is 0 Å². The summed E-state index contributed by atoms with van der Waals surface area (Å²) in [5.41, 5.74) is 6.27. The van der Waals surface area contributed by atoms with Crippen LogP contribution < -0.4 is 5.73 Å². The normalized spacial score (nSPS) is 10.5. The second kappa shape index (κ2) is 5.27. The quantitative estimate of drug-likeness (QED) is 0.684. The number of anilines is 1. The lowest BCUT2D eigenvalue weighted by molar-refractivity contribution is 0.0460. The number of aromatic nitrogens is 3. The average molecular weight is 281 g/mol. The summed E-state index contributed by atoms with van der Waals surface area (Å²) >= 11 is 5.82. The van der Waals surface area contributed by atoms with Crippen LogP contribution in [-0.4, -0.2) is 20.7 Å². The molecule has 0 amide bonds. The molecule has 0 unspecified atom stereocenters. The molecule has 7 heteroatoms. The van der Waals surface area contributed by atoms with E-state index in [9.17, 15) is 4.79 Å². The molecule has 0 atom stereocenters. The van der Waals surface area contributed by atoms with Gasteiger partial charge in [0.2, 0.25) is 0 Å². The molecule has 2 aromatic rings. The molecule has 100 valence electrons. The van der Waals surface area contributed by atoms with Crippen LogP contribution in [0.2, 0.25) is 5.02 Å². The Kier molecular flexibility index (Phi) is 3.71. The summed E-state index contributed by atoms with van der Waals surface area (Å²) in [6, 6.07) is 4.65. The second-order valence-electron chi connectivity index (χ2n) is 4.03. The Morgan fingerprint density at radius 1 is 1.47 bits per heavy atom. The lowest BCUT2D eigenvalue weighted by atomic mass is 10.2. The molecule has 1 aromatic carbocycles. The van der Waals surface area contributed by atoms with Gasteiger partial charge in [0.1, 0.15) is 5.82 Å². The van der Waals surface area contributed by atoms with Gasteiger partial charge in [0.25, 0.3) is 0 Å². The molecule has 0 radical (unpaired) electrons. The Labute approximate surface area is 115 Å². The van der Waals surface area contributed by atoms with Crippen molar-refractivity contribution in [3.8, 4) is 0 Å². The first-order valence-electron chi connectivity index (χ1n) is 5.56. The van der Waals surface area contributed by atoms with Crippen molar-refractivity contribution in [2.24, 2.45) is 7.05 Å². The standard InChI is InChI=1S/C12H13ClN4O2/c1-7-15-16-11(17(7)2)6-19-12(18)9-5-8(13)3-4-10(9)14/h3-5H,6,14H2,1-2H3. The molecule has 0 saturated carbocycles. The molecule has 0 fully saturated rings. The molecule has 1 aromatic heterocycles. The number of nitrogens with zero attached hydrogens (tertiary/aromatic N) is 3. The number of aryl methyl sites for hydroxylation is 1. The van der Waals surface area contributed by atoms with Crippen LogP contribution in [0, 0.1) is 6.92 Å². The van der Waals surface area contributed by atoms with Crippen LogP contribution >= 0.6 is 11.6 Å². The van der Waals surface area contributed by atoms with Gasteiger partial charge in [0.15, 0.2) is 12.4 Å². The number of ether oxygens (including phenoxy) is 1. The number of benzene rings is 1. The predicted octanol–water partition coefficient (Wildman–Crippen LogP) is 1.72. The Hall–Kier alpha value is -2.08. The molecule has 1 heterocycles. The van der Waals surface area contributed by atoms with Crippen LogP contribution in [-0.2, 0) is 18.4 Å². The Morgan fingerprint density at radius 2 is 2.21 bits per heavy atom. The molecular formula is C12H13ClN4O2. The number of nitrogens with two attached hydrogens (primary N) is 1. The molecule has 0 bridgehead atoms. The fourth-order valence-corrected chi connectivity index (χ4v) is 1.66. The minimum absolute atomic E-state index is 0.0299. The maximum Gasteiger partial charge on any atom is 0.340 e. The largest absolute Gasteiger partial charge is 0.454 e. The van der Waals surface area contributed by atoms with E-state index in [1.54, 1.807) is 23.7 Å². The zero-order valence-corrected chi connectivity index (χ0v) is 11.3. The topological polar surface area (TPSA) is 83.0 Å². The van der Waals surface area contributed by atoms with Crippen LogP contribution in [0.4, 0.5) is 5.69 Å². The van der Waals surface area contributed by atoms with E-state index in [4.69, 9.17) is 22.1 Å². The number of nitrogen functional groups attached to an aromatic ring is 1. The van der Waals surface area contributed by atoms with Gasteiger partial charge in [-0.3, -0.25) is 0 Å². The van der Waals surface area contributed by atoms with Crippen molar-refractivity contribution in [2.75, 3.05) is 5.73 Å². The lowest BCUT2D eigenvalue weighted by Crippen LogP contribution is -2.10. The van der Waals surface area contributed by atoms with Gasteiger partial charge in [-0.15, -0.1) is 10.2 Å². The third-order valence-electron chi connectivity index (χ3n) is 2.75. The molecular weight excluding hydrogens is 268 g/mol. The molecule has 19 heavy (non-hydrogen) atoms. The predicted molar refractivity (Wildman–Crippen MR) is 70.7 cm³/mol. The summed E-state index contributed by atoms with van der Waals surface area (Å²) in [6.45, 7) is 1.84. The lowest BCUT2D eigenvalue weighted by Gasteiger charge is -2.07. The molecule has 0 spiro atoms. The van der Waals surface area contributed by atoms with Gasteiger partial charge < -0.3 is 15.0 Å². The summed E-state index contributed by atoms with van der Waals surface area (Å²) in [5.74, 6) is 0.764. The summed E-state index contributed by atoms with van der Waals surface area (Å²) in [4.78, 5) is 11.9. The Balaban J connectivity index is 2.09. The average Bonchev–Trinajstić information content (AvgIpc) is 2.70. The summed E-state index contributed by atoms with van der Waals surface area (Å²) in [7, 11) is 1.80. The summed E-state index contributed by atoms with van der Waals surface area (Å²) < 4.78 is 6.89. The molecule has 0 saturated heterocycles. The van der Waals surface area contributed by atoms with Crippen LogP contribution in [0.15, 0.2) is 18.2 Å². The summed E-state index contributed by atoms with van der Waals surface area (Å²) in [6.07, 6.45) is 0. The van der Waals surface area contributed by atoms with Gasteiger partial charge in [-0.2, -0.15) is 0 Å². The highest BCUT2D eigenvalue weighted by atomic mass is 35.5. The van der Waals surface area contributed by atoms with Crippen LogP contribution in [0.25, 0.3) is 0 Å². The zero-order valence-electron chi connectivity index (χ0n) is 10.6. The smallest absolute Gasteiger partial charge is 0.340 e. The van der Waals surface area contributed by atoms with E-state index in [0.29, 0.717) is 16.5 Å². The van der Waals surface area contributed by atoms with Gasteiger partial charge in [0, 0.05) is 17.8 Å². The number of hydrogen-bond donors (Lipinski definition) is 1. The fourth-order valence-electron chi connectivity index (χ4n) is 1.49. The number of carbonyl (C=O) groups is 1. The van der Waals surface area contributed by atoms with E-state index in [2.05, 4.69) is 10.2 Å². The monoisotopic (exact) mass is 280 g/mol. The van der Waals surface area contributed by atoms with E-state index in [-0.39, 0.29) is 12.2 Å². The van der Waals surface area contributed by atoms with Crippen molar-refractivity contribution in [2.45, 2.75) is 13.5 Å². The molecule has 0 aliphatic carbocycles. The van der Waals surface area contributed by atoms with Gasteiger partial charge in [0.05, 0.1) is 5.56 Å². The first-order valence-corrected chi connectivity index (χ1v) is 5.94. The molecule has 2 rings (SSSR count). The maximum atomic E-state index is 11.9. The third-order valence-corrected chi connectivity index (χ3v) is 2.99. The Morgan fingerprint density at radius 3 is 2.84 bits per heavy atom. The molecule has 2 N–H and O–H groups in total. The number of esters is 1. The zero-order chi connectivity index (χ0) is 14.0. The van der Waals surface area contributed by atoms with E-state index in [1.165, 1.54) is 6.07 Å². The first kappa shape index (κ1) is 13.4. The van der Waals surface area contributed by atoms with Gasteiger partial charge in [-0.05, 0) is 25.1 Å². The number of halogens is 1. The number of rotatable bonds is 3. The highest BCUT2D eigenvalue weighted by Gasteiger charge is 2.14. The van der Waals surface area contributed by atoms with Crippen LogP contribution in [0.5, 0.6) is 0 Å². The van der Waals surface area contributed by atoms with E-state index in [1.807, 2.05) is 6.92 Å². The minimum Gasteiger partial charge on any atom is -0.454 e. The Bertz CT molecular complexity index is 624. The minimum atomic E-state index is -0.541. The third kappa shape index (κ3) is 2.85. The van der Waals surface area contributed by atoms with Gasteiger partial charge in [-0.1, -0.05) is 11.6 Å². The highest BCUT2D eigenvalue weighted by molar-refractivity contribution is 6.31. The maximum absolute atomic E-state index is 11.9. The van der Waals surface area contributed by atoms with Crippen LogP contribution in [0.1, 0.15) is 22.0 Å². The van der Waals surface area contributed by atoms with E-state index < -0.39 is 5.97 Å². The number of hydrogen-bond acceptors (Lipinski definition) is 5.